The van der Waals surface area contributed by atoms with Gasteiger partial charge in [0.25, 0.3) is 5.56 Å². The number of carbonyl (C=O) groups excluding carboxylic acids is 1. The molecule has 1 aromatic carbocycles. The molecule has 0 bridgehead atoms. The Morgan fingerprint density at radius 2 is 1.90 bits per heavy atom. The van der Waals surface area contributed by atoms with E-state index < -0.39 is 11.0 Å². The maximum absolute atomic E-state index is 14.0. The molecule has 2 saturated heterocycles. The molecular formula is C30H38N6O3. The van der Waals surface area contributed by atoms with Gasteiger partial charge in [0.15, 0.2) is 0 Å². The highest BCUT2D eigenvalue weighted by Crippen LogP contribution is 2.51. The van der Waals surface area contributed by atoms with Crippen LogP contribution in [-0.2, 0) is 13.6 Å². The molecule has 2 N–H and O–H groups in total. The first kappa shape index (κ1) is 25.8. The summed E-state index contributed by atoms with van der Waals surface area (Å²) in [4.78, 5) is 31.1. The largest absolute Gasteiger partial charge is 0.387 e. The van der Waals surface area contributed by atoms with E-state index in [9.17, 15) is 14.7 Å². The summed E-state index contributed by atoms with van der Waals surface area (Å²) in [7, 11) is 1.85. The van der Waals surface area contributed by atoms with Crippen molar-refractivity contribution in [1.82, 2.24) is 29.5 Å². The van der Waals surface area contributed by atoms with Crippen LogP contribution in [0, 0.1) is 5.41 Å². The van der Waals surface area contributed by atoms with Crippen molar-refractivity contribution in [2.45, 2.75) is 50.3 Å². The van der Waals surface area contributed by atoms with Crippen LogP contribution in [0.3, 0.4) is 0 Å². The molecule has 206 valence electrons. The molecule has 4 heterocycles. The molecule has 2 aromatic heterocycles. The van der Waals surface area contributed by atoms with E-state index in [1.54, 1.807) is 27.7 Å². The van der Waals surface area contributed by atoms with Crippen LogP contribution in [-0.4, -0.2) is 73.6 Å². The van der Waals surface area contributed by atoms with Crippen molar-refractivity contribution >= 4 is 6.03 Å². The second kappa shape index (κ2) is 10.3. The number of piperidine rings is 1. The zero-order valence-electron chi connectivity index (χ0n) is 22.6. The third kappa shape index (κ3) is 4.78. The molecule has 2 unspecified atom stereocenters. The minimum absolute atomic E-state index is 0.00954. The number of rotatable bonds is 4. The molecule has 0 radical (unpaired) electrons. The first-order valence-electron chi connectivity index (χ1n) is 14.1. The summed E-state index contributed by atoms with van der Waals surface area (Å²) < 4.78 is 3.35. The van der Waals surface area contributed by atoms with E-state index in [0.717, 1.165) is 55.5 Å². The fraction of sp³-hybridized carbons (Fsp3) is 0.500. The minimum Gasteiger partial charge on any atom is -0.387 e. The Morgan fingerprint density at radius 1 is 1.10 bits per heavy atom. The lowest BCUT2D eigenvalue weighted by Crippen LogP contribution is -2.64. The van der Waals surface area contributed by atoms with Gasteiger partial charge in [0, 0.05) is 69.2 Å². The van der Waals surface area contributed by atoms with Gasteiger partial charge in [0.05, 0.1) is 24.4 Å². The van der Waals surface area contributed by atoms with Crippen LogP contribution >= 0.6 is 0 Å². The van der Waals surface area contributed by atoms with Gasteiger partial charge in [0.2, 0.25) is 0 Å². The molecule has 3 fully saturated rings. The van der Waals surface area contributed by atoms with E-state index in [1.165, 1.54) is 0 Å². The minimum atomic E-state index is -1.05. The van der Waals surface area contributed by atoms with Crippen LogP contribution in [0.4, 0.5) is 4.79 Å². The summed E-state index contributed by atoms with van der Waals surface area (Å²) in [5, 5.41) is 19.8. The zero-order valence-corrected chi connectivity index (χ0v) is 22.6. The summed E-state index contributed by atoms with van der Waals surface area (Å²) in [6.07, 6.45) is 9.64. The number of aryl methyl sites for hydroxylation is 1. The van der Waals surface area contributed by atoms with Crippen molar-refractivity contribution in [2.75, 3.05) is 32.7 Å². The Bertz CT molecular complexity index is 1380. The molecule has 3 aliphatic rings. The number of aliphatic hydroxyl groups is 1. The molecule has 2 amide bonds. The lowest BCUT2D eigenvalue weighted by atomic mass is 9.66. The van der Waals surface area contributed by atoms with Crippen LogP contribution in [0.25, 0.3) is 11.1 Å². The summed E-state index contributed by atoms with van der Waals surface area (Å²) >= 11 is 0. The van der Waals surface area contributed by atoms with Crippen LogP contribution in [0.15, 0.2) is 65.8 Å². The molecule has 1 saturated carbocycles. The van der Waals surface area contributed by atoms with E-state index >= 15 is 0 Å². The van der Waals surface area contributed by atoms with Crippen LogP contribution in [0.5, 0.6) is 0 Å². The number of nitrogens with one attached hydrogen (secondary N) is 1. The Hall–Kier alpha value is -3.43. The van der Waals surface area contributed by atoms with Gasteiger partial charge in [-0.15, -0.1) is 0 Å². The monoisotopic (exact) mass is 530 g/mol. The fourth-order valence-corrected chi connectivity index (χ4v) is 7.02. The molecule has 2 atom stereocenters. The van der Waals surface area contributed by atoms with Gasteiger partial charge in [0.1, 0.15) is 0 Å². The Balaban J connectivity index is 1.22. The van der Waals surface area contributed by atoms with Crippen LogP contribution in [0.2, 0.25) is 0 Å². The van der Waals surface area contributed by atoms with Gasteiger partial charge in [-0.2, -0.15) is 5.10 Å². The number of nitrogens with zero attached hydrogens (tertiary/aromatic N) is 5. The number of pyridine rings is 1. The normalized spacial score (nSPS) is 24.8. The lowest BCUT2D eigenvalue weighted by Gasteiger charge is -2.53. The van der Waals surface area contributed by atoms with Crippen LogP contribution in [0.1, 0.15) is 43.7 Å². The average Bonchev–Trinajstić information content (AvgIpc) is 3.62. The zero-order chi connectivity index (χ0) is 27.0. The number of hydrogen-bond donors (Lipinski definition) is 2. The molecule has 6 rings (SSSR count). The maximum Gasteiger partial charge on any atom is 0.320 e. The number of urea groups is 1. The molecule has 1 spiro atoms. The molecule has 2 aliphatic heterocycles. The predicted octanol–water partition coefficient (Wildman–Crippen LogP) is 3.01. The highest BCUT2D eigenvalue weighted by Gasteiger charge is 2.56. The summed E-state index contributed by atoms with van der Waals surface area (Å²) in [6.45, 7) is 3.40. The summed E-state index contributed by atoms with van der Waals surface area (Å²) in [5.74, 6) is 0. The van der Waals surface area contributed by atoms with Gasteiger partial charge in [-0.1, -0.05) is 43.2 Å². The number of aromatic nitrogens is 3. The summed E-state index contributed by atoms with van der Waals surface area (Å²) in [5.41, 5.74) is 1.23. The third-order valence-corrected chi connectivity index (χ3v) is 9.25. The second-order valence-electron chi connectivity index (χ2n) is 11.6. The van der Waals surface area contributed by atoms with Crippen molar-refractivity contribution in [3.63, 3.8) is 0 Å². The van der Waals surface area contributed by atoms with Crippen LogP contribution < -0.4 is 10.9 Å². The van der Waals surface area contributed by atoms with E-state index in [-0.39, 0.29) is 24.2 Å². The van der Waals surface area contributed by atoms with Crippen molar-refractivity contribution in [1.29, 1.82) is 0 Å². The fourth-order valence-electron chi connectivity index (χ4n) is 7.02. The third-order valence-electron chi connectivity index (χ3n) is 9.25. The first-order chi connectivity index (χ1) is 18.9. The lowest BCUT2D eigenvalue weighted by molar-refractivity contribution is -0.136. The Morgan fingerprint density at radius 3 is 2.62 bits per heavy atom. The van der Waals surface area contributed by atoms with E-state index in [2.05, 4.69) is 22.5 Å². The van der Waals surface area contributed by atoms with Gasteiger partial charge in [-0.05, 0) is 36.5 Å². The quantitative estimate of drug-likeness (QED) is 0.541. The number of amides is 2. The van der Waals surface area contributed by atoms with E-state index in [0.29, 0.717) is 26.1 Å². The standard InChI is InChI=1S/C30H38N6O3/c1-33-20-25(18-32-33)24-9-14-34(27(37)17-24)22-30(39)12-15-35(21-29(30)10-5-6-11-29)28(38)36-16-13-31-19-26(36)23-7-3-2-4-8-23/h2-4,7-9,14,17-18,20,26,31,39H,5-6,10-13,15-16,19,21-22H2,1H3. The molecule has 39 heavy (non-hydrogen) atoms. The average molecular weight is 531 g/mol. The smallest absolute Gasteiger partial charge is 0.320 e. The van der Waals surface area contributed by atoms with E-state index in [4.69, 9.17) is 0 Å². The van der Waals surface area contributed by atoms with E-state index in [1.807, 2.05) is 47.3 Å². The van der Waals surface area contributed by atoms with Crippen molar-refractivity contribution < 1.29 is 9.90 Å². The van der Waals surface area contributed by atoms with Crippen molar-refractivity contribution in [3.05, 3.63) is 77.0 Å². The van der Waals surface area contributed by atoms with Gasteiger partial charge in [-0.3, -0.25) is 9.48 Å². The topological polar surface area (TPSA) is 95.6 Å². The number of likely N-dealkylation sites (tertiary alicyclic amines) is 1. The van der Waals surface area contributed by atoms with Crippen molar-refractivity contribution in [3.8, 4) is 11.1 Å². The molecule has 9 nitrogen and oxygen atoms in total. The highest BCUT2D eigenvalue weighted by atomic mass is 16.3. The highest BCUT2D eigenvalue weighted by molar-refractivity contribution is 5.75. The predicted molar refractivity (Wildman–Crippen MR) is 149 cm³/mol. The number of piperazine rings is 1. The van der Waals surface area contributed by atoms with Crippen molar-refractivity contribution in [2.24, 2.45) is 12.5 Å². The SMILES string of the molecule is Cn1cc(-c2ccn(CC3(O)CCN(C(=O)N4CCNCC4c4ccccc4)CC34CCCC4)c(=O)c2)cn1. The Kier molecular flexibility index (Phi) is 6.81. The molecule has 3 aromatic rings. The maximum atomic E-state index is 14.0. The molecule has 9 heteroatoms. The number of benzene rings is 1. The first-order valence-corrected chi connectivity index (χ1v) is 14.1. The van der Waals surface area contributed by atoms with Gasteiger partial charge >= 0.3 is 6.03 Å². The second-order valence-corrected chi connectivity index (χ2v) is 11.6. The number of carbonyl (C=O) groups is 1. The molecule has 1 aliphatic carbocycles. The Labute approximate surface area is 229 Å². The molecular weight excluding hydrogens is 492 g/mol. The van der Waals surface area contributed by atoms with Gasteiger partial charge in [-0.25, -0.2) is 4.79 Å². The van der Waals surface area contributed by atoms with Gasteiger partial charge < -0.3 is 24.8 Å². The number of hydrogen-bond acceptors (Lipinski definition) is 5. The summed E-state index contributed by atoms with van der Waals surface area (Å²) in [6, 6.07) is 13.8.